The zero-order chi connectivity index (χ0) is 28.7. The van der Waals surface area contributed by atoms with Crippen LogP contribution in [0.5, 0.6) is 11.5 Å². The Hall–Kier alpha value is -2.76. The van der Waals surface area contributed by atoms with Gasteiger partial charge in [-0.25, -0.2) is 8.78 Å². The molecule has 0 heterocycles. The first-order valence-corrected chi connectivity index (χ1v) is 15.1. The quantitative estimate of drug-likeness (QED) is 0.133. The normalized spacial score (nSPS) is 13.2. The van der Waals surface area contributed by atoms with Gasteiger partial charge >= 0.3 is 0 Å². The van der Waals surface area contributed by atoms with Crippen LogP contribution in [0.2, 0.25) is 0 Å². The minimum absolute atomic E-state index is 0.0844. The number of hydrogen-bond donors (Lipinski definition) is 0. The third-order valence-electron chi connectivity index (χ3n) is 7.43. The van der Waals surface area contributed by atoms with Gasteiger partial charge in [-0.2, -0.15) is 8.78 Å². The molecule has 2 nitrogen and oxygen atoms in total. The molecule has 0 aliphatic heterocycles. The summed E-state index contributed by atoms with van der Waals surface area (Å²) in [7, 11) is 0. The summed E-state index contributed by atoms with van der Waals surface area (Å²) in [5.74, 6) is -4.06. The van der Waals surface area contributed by atoms with Crippen molar-refractivity contribution in [3.8, 4) is 11.5 Å². The molecule has 3 rings (SSSR count). The van der Waals surface area contributed by atoms with Gasteiger partial charge in [0.25, 0.3) is 0 Å². The zero-order valence-corrected chi connectivity index (χ0v) is 24.1. The third kappa shape index (κ3) is 9.14. The number of rotatable bonds is 18. The van der Waals surface area contributed by atoms with Crippen molar-refractivity contribution in [1.29, 1.82) is 0 Å². The summed E-state index contributed by atoms with van der Waals surface area (Å²) in [5.41, 5.74) is 1.51. The second kappa shape index (κ2) is 17.1. The van der Waals surface area contributed by atoms with Crippen LogP contribution in [0.1, 0.15) is 115 Å². The lowest BCUT2D eigenvalue weighted by Crippen LogP contribution is -2.05. The minimum atomic E-state index is -0.996. The SMILES string of the molecule is CCCCCCCCOc1ccc(C2=CCC(c3ccc(OCCCCCCCC)c(F)c3F)=CC2)c(F)c1F. The molecule has 0 aromatic heterocycles. The van der Waals surface area contributed by atoms with Crippen LogP contribution in [0.25, 0.3) is 11.1 Å². The summed E-state index contributed by atoms with van der Waals surface area (Å²) in [6.45, 7) is 5.02. The summed E-state index contributed by atoms with van der Waals surface area (Å²) in [4.78, 5) is 0. The van der Waals surface area contributed by atoms with Crippen LogP contribution in [-0.2, 0) is 0 Å². The van der Waals surface area contributed by atoms with Gasteiger partial charge in [-0.3, -0.25) is 0 Å². The fourth-order valence-electron chi connectivity index (χ4n) is 4.98. The molecule has 0 saturated heterocycles. The third-order valence-corrected chi connectivity index (χ3v) is 7.43. The number of allylic oxidation sites excluding steroid dienone is 4. The van der Waals surface area contributed by atoms with Crippen LogP contribution in [0.4, 0.5) is 17.6 Å². The van der Waals surface area contributed by atoms with Crippen LogP contribution in [0.3, 0.4) is 0 Å². The lowest BCUT2D eigenvalue weighted by Gasteiger charge is -2.17. The van der Waals surface area contributed by atoms with E-state index in [1.54, 1.807) is 12.2 Å². The second-order valence-electron chi connectivity index (χ2n) is 10.6. The smallest absolute Gasteiger partial charge is 0.201 e. The molecular formula is C34H44F4O2. The molecule has 0 atom stereocenters. The Morgan fingerprint density at radius 1 is 0.500 bits per heavy atom. The van der Waals surface area contributed by atoms with E-state index in [-0.39, 0.29) is 35.5 Å². The van der Waals surface area contributed by atoms with E-state index in [0.29, 0.717) is 24.4 Å². The van der Waals surface area contributed by atoms with Gasteiger partial charge in [0.05, 0.1) is 13.2 Å². The topological polar surface area (TPSA) is 18.5 Å². The Kier molecular flexibility index (Phi) is 13.6. The van der Waals surface area contributed by atoms with E-state index in [1.807, 2.05) is 0 Å². The van der Waals surface area contributed by atoms with Crippen LogP contribution in [-0.4, -0.2) is 13.2 Å². The van der Waals surface area contributed by atoms with Gasteiger partial charge < -0.3 is 9.47 Å². The average molecular weight is 561 g/mol. The molecule has 40 heavy (non-hydrogen) atoms. The lowest BCUT2D eigenvalue weighted by molar-refractivity contribution is 0.284. The Morgan fingerprint density at radius 2 is 0.875 bits per heavy atom. The Morgan fingerprint density at radius 3 is 1.25 bits per heavy atom. The van der Waals surface area contributed by atoms with Crippen molar-refractivity contribution in [2.45, 2.75) is 104 Å². The zero-order valence-electron chi connectivity index (χ0n) is 24.1. The number of unbranched alkanes of at least 4 members (excludes halogenated alkanes) is 10. The highest BCUT2D eigenvalue weighted by molar-refractivity contribution is 5.78. The van der Waals surface area contributed by atoms with Gasteiger partial charge in [0, 0.05) is 11.1 Å². The molecule has 0 spiro atoms. The van der Waals surface area contributed by atoms with Gasteiger partial charge in [-0.15, -0.1) is 0 Å². The van der Waals surface area contributed by atoms with E-state index in [2.05, 4.69) is 13.8 Å². The van der Waals surface area contributed by atoms with Crippen molar-refractivity contribution in [3.05, 3.63) is 70.8 Å². The molecule has 0 unspecified atom stereocenters. The maximum Gasteiger partial charge on any atom is 0.201 e. The van der Waals surface area contributed by atoms with Gasteiger partial charge in [0.2, 0.25) is 11.6 Å². The van der Waals surface area contributed by atoms with Crippen molar-refractivity contribution < 1.29 is 27.0 Å². The number of benzene rings is 2. The average Bonchev–Trinajstić information content (AvgIpc) is 2.96. The molecule has 0 amide bonds. The molecule has 0 N–H and O–H groups in total. The summed E-state index contributed by atoms with van der Waals surface area (Å²) in [6, 6.07) is 5.97. The van der Waals surface area contributed by atoms with Crippen molar-refractivity contribution in [3.63, 3.8) is 0 Å². The van der Waals surface area contributed by atoms with Crippen LogP contribution >= 0.6 is 0 Å². The Labute approximate surface area is 237 Å². The first-order valence-electron chi connectivity index (χ1n) is 15.1. The van der Waals surface area contributed by atoms with E-state index in [1.165, 1.54) is 62.8 Å². The number of hydrogen-bond acceptors (Lipinski definition) is 2. The summed E-state index contributed by atoms with van der Waals surface area (Å²) in [5, 5.41) is 0. The standard InChI is InChI=1S/C34H44F4O2/c1-3-5-7-9-11-13-23-39-29-21-19-27(31(35)33(29)37)25-15-17-26(18-16-25)28-20-22-30(34(38)32(28)36)40-24-14-12-10-8-6-4-2/h15,18-22H,3-14,16-17,23-24H2,1-2H3. The van der Waals surface area contributed by atoms with Crippen molar-refractivity contribution in [2.24, 2.45) is 0 Å². The van der Waals surface area contributed by atoms with Crippen LogP contribution < -0.4 is 9.47 Å². The number of ether oxygens (including phenoxy) is 2. The first-order chi connectivity index (χ1) is 19.5. The predicted octanol–water partition coefficient (Wildman–Crippen LogP) is 11.0. The molecule has 2 aromatic rings. The molecule has 6 heteroatoms. The van der Waals surface area contributed by atoms with E-state index in [0.717, 1.165) is 38.5 Å². The molecule has 0 bridgehead atoms. The lowest BCUT2D eigenvalue weighted by atomic mass is 9.90. The minimum Gasteiger partial charge on any atom is -0.490 e. The summed E-state index contributed by atoms with van der Waals surface area (Å²) >= 11 is 0. The molecular weight excluding hydrogens is 516 g/mol. The number of halogens is 4. The Bertz CT molecular complexity index is 1050. The Balaban J connectivity index is 1.54. The fourth-order valence-corrected chi connectivity index (χ4v) is 4.98. The largest absolute Gasteiger partial charge is 0.490 e. The van der Waals surface area contributed by atoms with Crippen molar-refractivity contribution >= 4 is 11.1 Å². The summed E-state index contributed by atoms with van der Waals surface area (Å²) in [6.07, 6.45) is 17.0. The molecule has 0 saturated carbocycles. The molecule has 1 aliphatic rings. The monoisotopic (exact) mass is 560 g/mol. The molecule has 0 radical (unpaired) electrons. The van der Waals surface area contributed by atoms with Gasteiger partial charge in [-0.05, 0) is 61.1 Å². The molecule has 0 fully saturated rings. The second-order valence-corrected chi connectivity index (χ2v) is 10.6. The highest BCUT2D eigenvalue weighted by Gasteiger charge is 2.21. The molecule has 2 aromatic carbocycles. The van der Waals surface area contributed by atoms with E-state index in [9.17, 15) is 17.6 Å². The van der Waals surface area contributed by atoms with Crippen LogP contribution in [0.15, 0.2) is 36.4 Å². The van der Waals surface area contributed by atoms with Crippen LogP contribution in [0, 0.1) is 23.3 Å². The van der Waals surface area contributed by atoms with E-state index in [4.69, 9.17) is 9.47 Å². The molecule has 220 valence electrons. The van der Waals surface area contributed by atoms with Gasteiger partial charge in [0.15, 0.2) is 23.1 Å². The van der Waals surface area contributed by atoms with E-state index < -0.39 is 23.3 Å². The predicted molar refractivity (Wildman–Crippen MR) is 156 cm³/mol. The first kappa shape index (κ1) is 31.8. The highest BCUT2D eigenvalue weighted by Crippen LogP contribution is 2.36. The van der Waals surface area contributed by atoms with Gasteiger partial charge in [-0.1, -0.05) is 90.2 Å². The van der Waals surface area contributed by atoms with Gasteiger partial charge in [0.1, 0.15) is 0 Å². The summed E-state index contributed by atoms with van der Waals surface area (Å²) < 4.78 is 70.2. The van der Waals surface area contributed by atoms with Crippen molar-refractivity contribution in [2.75, 3.05) is 13.2 Å². The van der Waals surface area contributed by atoms with Crippen molar-refractivity contribution in [1.82, 2.24) is 0 Å². The molecule has 1 aliphatic carbocycles. The maximum atomic E-state index is 14.9. The fraction of sp³-hybridized carbons (Fsp3) is 0.529. The van der Waals surface area contributed by atoms with E-state index >= 15 is 0 Å². The maximum absolute atomic E-state index is 14.9. The highest BCUT2D eigenvalue weighted by atomic mass is 19.2.